The van der Waals surface area contributed by atoms with Crippen LogP contribution in [0, 0.1) is 6.92 Å². The summed E-state index contributed by atoms with van der Waals surface area (Å²) < 4.78 is 2.05. The van der Waals surface area contributed by atoms with Crippen molar-refractivity contribution >= 4 is 11.0 Å². The van der Waals surface area contributed by atoms with Crippen LogP contribution in [0.1, 0.15) is 11.4 Å². The van der Waals surface area contributed by atoms with E-state index >= 15 is 0 Å². The van der Waals surface area contributed by atoms with E-state index in [-0.39, 0.29) is 0 Å². The van der Waals surface area contributed by atoms with E-state index in [0.29, 0.717) is 6.54 Å². The Morgan fingerprint density at radius 1 is 1.17 bits per heavy atom. The number of para-hydroxylation sites is 2. The van der Waals surface area contributed by atoms with Gasteiger partial charge in [0, 0.05) is 18.3 Å². The Morgan fingerprint density at radius 3 is 2.83 bits per heavy atom. The number of fused-ring (bicyclic) bond motifs is 1. The summed E-state index contributed by atoms with van der Waals surface area (Å²) in [5.74, 6) is 1.79. The summed E-state index contributed by atoms with van der Waals surface area (Å²) in [6, 6.07) is 11.9. The number of nitrogens with zero attached hydrogens (tertiary/aromatic N) is 3. The highest BCUT2D eigenvalue weighted by Gasteiger charge is 2.12. The van der Waals surface area contributed by atoms with Gasteiger partial charge in [-0.3, -0.25) is 4.57 Å². The number of pyridine rings is 1. The molecule has 0 aliphatic heterocycles. The molecule has 0 atom stereocenters. The molecule has 0 unspecified atom stereocenters. The standard InChI is InChI=1S/C14H14N4/c1-10-17-12-6-2-3-7-13(12)18(10)14-11(9-15)5-4-8-16-14/h2-8H,9,15H2,1H3. The lowest BCUT2D eigenvalue weighted by atomic mass is 10.2. The van der Waals surface area contributed by atoms with Crippen LogP contribution in [0.5, 0.6) is 0 Å². The molecule has 0 aliphatic carbocycles. The second-order valence-electron chi connectivity index (χ2n) is 4.17. The minimum atomic E-state index is 0.467. The van der Waals surface area contributed by atoms with Crippen molar-refractivity contribution in [2.75, 3.05) is 0 Å². The van der Waals surface area contributed by atoms with Gasteiger partial charge in [0.25, 0.3) is 0 Å². The number of imidazole rings is 1. The molecule has 18 heavy (non-hydrogen) atoms. The van der Waals surface area contributed by atoms with Crippen molar-refractivity contribution in [2.24, 2.45) is 5.73 Å². The van der Waals surface area contributed by atoms with Gasteiger partial charge in [0.1, 0.15) is 11.6 Å². The zero-order valence-corrected chi connectivity index (χ0v) is 10.2. The van der Waals surface area contributed by atoms with Gasteiger partial charge >= 0.3 is 0 Å². The van der Waals surface area contributed by atoms with Gasteiger partial charge in [0.05, 0.1) is 11.0 Å². The molecule has 2 N–H and O–H groups in total. The predicted molar refractivity (Wildman–Crippen MR) is 71.5 cm³/mol. The van der Waals surface area contributed by atoms with Gasteiger partial charge in [-0.1, -0.05) is 18.2 Å². The molecule has 4 nitrogen and oxygen atoms in total. The largest absolute Gasteiger partial charge is 0.326 e. The topological polar surface area (TPSA) is 56.7 Å². The summed E-state index contributed by atoms with van der Waals surface area (Å²) in [4.78, 5) is 8.99. The van der Waals surface area contributed by atoms with Crippen LogP contribution in [0.2, 0.25) is 0 Å². The molecule has 2 heterocycles. The molecule has 0 spiro atoms. The van der Waals surface area contributed by atoms with E-state index in [9.17, 15) is 0 Å². The Balaban J connectivity index is 2.34. The van der Waals surface area contributed by atoms with E-state index < -0.39 is 0 Å². The molecule has 0 aliphatic rings. The highest BCUT2D eigenvalue weighted by molar-refractivity contribution is 5.78. The molecule has 0 saturated carbocycles. The predicted octanol–water partition coefficient (Wildman–Crippen LogP) is 2.19. The van der Waals surface area contributed by atoms with E-state index in [1.54, 1.807) is 6.20 Å². The second-order valence-corrected chi connectivity index (χ2v) is 4.17. The zero-order valence-electron chi connectivity index (χ0n) is 10.2. The maximum Gasteiger partial charge on any atom is 0.143 e. The maximum atomic E-state index is 5.78. The van der Waals surface area contributed by atoms with Crippen LogP contribution in [0.15, 0.2) is 42.6 Å². The Labute approximate surface area is 105 Å². The summed E-state index contributed by atoms with van der Waals surface area (Å²) in [5.41, 5.74) is 8.83. The van der Waals surface area contributed by atoms with Gasteiger partial charge in [-0.25, -0.2) is 9.97 Å². The molecule has 1 aromatic carbocycles. The van der Waals surface area contributed by atoms with E-state index in [1.165, 1.54) is 0 Å². The van der Waals surface area contributed by atoms with E-state index in [1.807, 2.05) is 43.3 Å². The molecule has 0 radical (unpaired) electrons. The monoisotopic (exact) mass is 238 g/mol. The fourth-order valence-electron chi connectivity index (χ4n) is 2.20. The summed E-state index contributed by atoms with van der Waals surface area (Å²) in [6.07, 6.45) is 1.78. The first-order valence-corrected chi connectivity index (χ1v) is 5.89. The normalized spacial score (nSPS) is 11.0. The lowest BCUT2D eigenvalue weighted by Gasteiger charge is -2.09. The van der Waals surface area contributed by atoms with Crippen molar-refractivity contribution < 1.29 is 0 Å². The van der Waals surface area contributed by atoms with E-state index in [4.69, 9.17) is 5.73 Å². The van der Waals surface area contributed by atoms with Crippen molar-refractivity contribution in [3.05, 3.63) is 54.0 Å². The van der Waals surface area contributed by atoms with Crippen LogP contribution in [-0.2, 0) is 6.54 Å². The number of hydrogen-bond donors (Lipinski definition) is 1. The molecule has 0 fully saturated rings. The van der Waals surface area contributed by atoms with Gasteiger partial charge in [-0.2, -0.15) is 0 Å². The Morgan fingerprint density at radius 2 is 2.00 bits per heavy atom. The number of hydrogen-bond acceptors (Lipinski definition) is 3. The molecule has 0 saturated heterocycles. The minimum absolute atomic E-state index is 0.467. The summed E-state index contributed by atoms with van der Waals surface area (Å²) in [5, 5.41) is 0. The third-order valence-electron chi connectivity index (χ3n) is 3.03. The fourth-order valence-corrected chi connectivity index (χ4v) is 2.20. The first-order valence-electron chi connectivity index (χ1n) is 5.89. The molecule has 0 amide bonds. The molecular formula is C14H14N4. The third-order valence-corrected chi connectivity index (χ3v) is 3.03. The van der Waals surface area contributed by atoms with Crippen molar-refractivity contribution in [1.82, 2.24) is 14.5 Å². The van der Waals surface area contributed by atoms with Crippen LogP contribution in [-0.4, -0.2) is 14.5 Å². The highest BCUT2D eigenvalue weighted by atomic mass is 15.1. The van der Waals surface area contributed by atoms with Gasteiger partial charge in [0.15, 0.2) is 0 Å². The van der Waals surface area contributed by atoms with Crippen molar-refractivity contribution in [3.8, 4) is 5.82 Å². The number of benzene rings is 1. The van der Waals surface area contributed by atoms with Crippen LogP contribution in [0.4, 0.5) is 0 Å². The summed E-state index contributed by atoms with van der Waals surface area (Å²) in [7, 11) is 0. The lowest BCUT2D eigenvalue weighted by molar-refractivity contribution is 0.914. The maximum absolute atomic E-state index is 5.78. The second kappa shape index (κ2) is 4.23. The van der Waals surface area contributed by atoms with Gasteiger partial charge in [-0.15, -0.1) is 0 Å². The summed E-state index contributed by atoms with van der Waals surface area (Å²) in [6.45, 7) is 2.45. The molecular weight excluding hydrogens is 224 g/mol. The smallest absolute Gasteiger partial charge is 0.143 e. The molecule has 3 aromatic rings. The SMILES string of the molecule is Cc1nc2ccccc2n1-c1ncccc1CN. The average molecular weight is 238 g/mol. The molecule has 90 valence electrons. The molecule has 0 bridgehead atoms. The lowest BCUT2D eigenvalue weighted by Crippen LogP contribution is -2.07. The first kappa shape index (κ1) is 10.9. The fraction of sp³-hybridized carbons (Fsp3) is 0.143. The third kappa shape index (κ3) is 1.58. The number of nitrogens with two attached hydrogens (primary N) is 1. The van der Waals surface area contributed by atoms with Crippen LogP contribution < -0.4 is 5.73 Å². The van der Waals surface area contributed by atoms with Crippen LogP contribution in [0.3, 0.4) is 0 Å². The quantitative estimate of drug-likeness (QED) is 0.744. The van der Waals surface area contributed by atoms with E-state index in [0.717, 1.165) is 28.2 Å². The number of aryl methyl sites for hydroxylation is 1. The Bertz CT molecular complexity index is 700. The first-order chi connectivity index (χ1) is 8.81. The molecule has 4 heteroatoms. The van der Waals surface area contributed by atoms with Gasteiger partial charge < -0.3 is 5.73 Å². The minimum Gasteiger partial charge on any atom is -0.326 e. The van der Waals surface area contributed by atoms with Crippen molar-refractivity contribution in [1.29, 1.82) is 0 Å². The molecule has 3 rings (SSSR count). The average Bonchev–Trinajstić information content (AvgIpc) is 2.74. The zero-order chi connectivity index (χ0) is 12.5. The Kier molecular flexibility index (Phi) is 2.57. The Hall–Kier alpha value is -2.20. The van der Waals surface area contributed by atoms with E-state index in [2.05, 4.69) is 14.5 Å². The summed E-state index contributed by atoms with van der Waals surface area (Å²) >= 11 is 0. The van der Waals surface area contributed by atoms with Crippen molar-refractivity contribution in [3.63, 3.8) is 0 Å². The van der Waals surface area contributed by atoms with Crippen LogP contribution >= 0.6 is 0 Å². The van der Waals surface area contributed by atoms with Gasteiger partial charge in [-0.05, 0) is 25.1 Å². The number of aromatic nitrogens is 3. The van der Waals surface area contributed by atoms with Crippen molar-refractivity contribution in [2.45, 2.75) is 13.5 Å². The number of rotatable bonds is 2. The van der Waals surface area contributed by atoms with Crippen LogP contribution in [0.25, 0.3) is 16.9 Å². The highest BCUT2D eigenvalue weighted by Crippen LogP contribution is 2.21. The molecule has 2 aromatic heterocycles. The van der Waals surface area contributed by atoms with Gasteiger partial charge in [0.2, 0.25) is 0 Å².